The minimum absolute atomic E-state index is 0.108. The summed E-state index contributed by atoms with van der Waals surface area (Å²) in [7, 11) is 0. The van der Waals surface area contributed by atoms with Gasteiger partial charge in [0, 0.05) is 36.5 Å². The first-order valence-corrected chi connectivity index (χ1v) is 9.20. The number of aromatic nitrogens is 2. The Labute approximate surface area is 156 Å². The highest BCUT2D eigenvalue weighted by Crippen LogP contribution is 2.44. The lowest BCUT2D eigenvalue weighted by atomic mass is 9.77. The number of nitrogen functional groups attached to an aromatic ring is 1. The molecule has 8 heteroatoms. The molecule has 3 aliphatic rings. The Morgan fingerprint density at radius 2 is 2.15 bits per heavy atom. The molecule has 140 valence electrons. The van der Waals surface area contributed by atoms with E-state index in [2.05, 4.69) is 15.3 Å². The SMILES string of the molecule is Nc1ncc2c(n1)C1(CCCN(C(=O)Nc3ccc4c(c3)OCO4)C1)CC2. The number of aryl methyl sites for hydroxylation is 1. The Morgan fingerprint density at radius 3 is 3.07 bits per heavy atom. The number of amides is 2. The number of likely N-dealkylation sites (tertiary alicyclic amines) is 1. The molecule has 2 aliphatic heterocycles. The van der Waals surface area contributed by atoms with E-state index < -0.39 is 0 Å². The number of carbonyl (C=O) groups is 1. The average molecular weight is 367 g/mol. The molecule has 3 N–H and O–H groups in total. The third-order valence-electron chi connectivity index (χ3n) is 5.75. The van der Waals surface area contributed by atoms with Gasteiger partial charge in [-0.05, 0) is 43.4 Å². The van der Waals surface area contributed by atoms with E-state index in [0.717, 1.165) is 43.5 Å². The summed E-state index contributed by atoms with van der Waals surface area (Å²) in [4.78, 5) is 23.4. The van der Waals surface area contributed by atoms with Gasteiger partial charge in [-0.25, -0.2) is 14.8 Å². The molecule has 5 rings (SSSR count). The molecule has 1 aromatic carbocycles. The van der Waals surface area contributed by atoms with Crippen LogP contribution in [-0.2, 0) is 11.8 Å². The summed E-state index contributed by atoms with van der Waals surface area (Å²) in [6.07, 6.45) is 5.71. The molecule has 1 unspecified atom stereocenters. The molecular weight excluding hydrogens is 346 g/mol. The molecule has 2 amide bonds. The number of ether oxygens (including phenoxy) is 2. The summed E-state index contributed by atoms with van der Waals surface area (Å²) in [5.41, 5.74) is 8.59. The number of benzene rings is 1. The minimum atomic E-state index is -0.114. The molecule has 0 radical (unpaired) electrons. The summed E-state index contributed by atoms with van der Waals surface area (Å²) < 4.78 is 10.7. The van der Waals surface area contributed by atoms with E-state index in [1.165, 1.54) is 0 Å². The maximum atomic E-state index is 12.9. The van der Waals surface area contributed by atoms with Gasteiger partial charge in [-0.2, -0.15) is 0 Å². The number of nitrogens with one attached hydrogen (secondary N) is 1. The van der Waals surface area contributed by atoms with Crippen LogP contribution in [0.15, 0.2) is 24.4 Å². The highest BCUT2D eigenvalue weighted by Gasteiger charge is 2.44. The fourth-order valence-corrected chi connectivity index (χ4v) is 4.43. The van der Waals surface area contributed by atoms with Crippen LogP contribution in [0.4, 0.5) is 16.4 Å². The van der Waals surface area contributed by atoms with Crippen molar-refractivity contribution in [1.29, 1.82) is 0 Å². The predicted molar refractivity (Wildman–Crippen MR) is 98.8 cm³/mol. The highest BCUT2D eigenvalue weighted by atomic mass is 16.7. The largest absolute Gasteiger partial charge is 0.454 e. The van der Waals surface area contributed by atoms with Crippen molar-refractivity contribution < 1.29 is 14.3 Å². The van der Waals surface area contributed by atoms with Gasteiger partial charge < -0.3 is 25.4 Å². The van der Waals surface area contributed by atoms with Crippen molar-refractivity contribution in [3.8, 4) is 11.5 Å². The predicted octanol–water partition coefficient (Wildman–Crippen LogP) is 2.30. The lowest BCUT2D eigenvalue weighted by Crippen LogP contribution is -2.49. The van der Waals surface area contributed by atoms with Crippen LogP contribution < -0.4 is 20.5 Å². The van der Waals surface area contributed by atoms with Crippen LogP contribution in [-0.4, -0.2) is 40.8 Å². The summed E-state index contributed by atoms with van der Waals surface area (Å²) in [6.45, 7) is 1.59. The van der Waals surface area contributed by atoms with Crippen molar-refractivity contribution in [2.45, 2.75) is 31.1 Å². The molecule has 27 heavy (non-hydrogen) atoms. The summed E-state index contributed by atoms with van der Waals surface area (Å²) in [6, 6.07) is 5.31. The zero-order chi connectivity index (χ0) is 18.4. The van der Waals surface area contributed by atoms with Crippen molar-refractivity contribution in [2.24, 2.45) is 0 Å². The Kier molecular flexibility index (Phi) is 3.60. The van der Waals surface area contributed by atoms with Gasteiger partial charge in [0.05, 0.1) is 5.69 Å². The van der Waals surface area contributed by atoms with Crippen LogP contribution in [0.25, 0.3) is 0 Å². The minimum Gasteiger partial charge on any atom is -0.454 e. The van der Waals surface area contributed by atoms with E-state index in [4.69, 9.17) is 15.2 Å². The average Bonchev–Trinajstić information content (AvgIpc) is 3.27. The van der Waals surface area contributed by atoms with Crippen LogP contribution >= 0.6 is 0 Å². The van der Waals surface area contributed by atoms with Gasteiger partial charge in [0.1, 0.15) is 0 Å². The molecule has 1 fully saturated rings. The monoisotopic (exact) mass is 367 g/mol. The van der Waals surface area contributed by atoms with Gasteiger partial charge in [0.15, 0.2) is 11.5 Å². The van der Waals surface area contributed by atoms with Gasteiger partial charge >= 0.3 is 6.03 Å². The molecular formula is C19H21N5O3. The Bertz CT molecular complexity index is 914. The van der Waals surface area contributed by atoms with Crippen LogP contribution in [0.3, 0.4) is 0 Å². The molecule has 1 spiro atoms. The molecule has 1 aromatic heterocycles. The fourth-order valence-electron chi connectivity index (χ4n) is 4.43. The third kappa shape index (κ3) is 2.72. The van der Waals surface area contributed by atoms with E-state index >= 15 is 0 Å². The van der Waals surface area contributed by atoms with E-state index in [0.29, 0.717) is 29.7 Å². The molecule has 1 aliphatic carbocycles. The van der Waals surface area contributed by atoms with Crippen LogP contribution in [0.1, 0.15) is 30.5 Å². The number of hydrogen-bond acceptors (Lipinski definition) is 6. The van der Waals surface area contributed by atoms with Gasteiger partial charge in [-0.15, -0.1) is 0 Å². The van der Waals surface area contributed by atoms with Crippen LogP contribution in [0, 0.1) is 0 Å². The highest BCUT2D eigenvalue weighted by molar-refractivity contribution is 5.90. The number of carbonyl (C=O) groups excluding carboxylic acids is 1. The normalized spacial score (nSPS) is 22.7. The second kappa shape index (κ2) is 6.00. The van der Waals surface area contributed by atoms with Crippen LogP contribution in [0.2, 0.25) is 0 Å². The van der Waals surface area contributed by atoms with E-state index in [1.54, 1.807) is 6.07 Å². The molecule has 0 saturated carbocycles. The zero-order valence-electron chi connectivity index (χ0n) is 14.9. The first-order valence-electron chi connectivity index (χ1n) is 9.20. The first-order chi connectivity index (χ1) is 13.1. The quantitative estimate of drug-likeness (QED) is 0.802. The van der Waals surface area contributed by atoms with Gasteiger partial charge in [0.2, 0.25) is 12.7 Å². The number of fused-ring (bicyclic) bond motifs is 3. The number of rotatable bonds is 1. The fraction of sp³-hybridized carbons (Fsp3) is 0.421. The molecule has 2 aromatic rings. The summed E-state index contributed by atoms with van der Waals surface area (Å²) in [5, 5.41) is 2.98. The van der Waals surface area contributed by atoms with Crippen molar-refractivity contribution in [3.05, 3.63) is 35.7 Å². The Morgan fingerprint density at radius 1 is 1.26 bits per heavy atom. The van der Waals surface area contributed by atoms with Crippen molar-refractivity contribution in [3.63, 3.8) is 0 Å². The molecule has 1 atom stereocenters. The van der Waals surface area contributed by atoms with Crippen molar-refractivity contribution in [1.82, 2.24) is 14.9 Å². The lowest BCUT2D eigenvalue weighted by molar-refractivity contribution is 0.157. The van der Waals surface area contributed by atoms with Crippen molar-refractivity contribution in [2.75, 3.05) is 30.9 Å². The standard InChI is InChI=1S/C19H21N5O3/c20-17-21-9-12-4-6-19(16(12)23-17)5-1-7-24(10-19)18(25)22-13-2-3-14-15(8-13)27-11-26-14/h2-3,8-9H,1,4-7,10-11H2,(H,22,25)(H2,20,21,23). The summed E-state index contributed by atoms with van der Waals surface area (Å²) in [5.74, 6) is 1.65. The molecule has 3 heterocycles. The second-order valence-corrected chi connectivity index (χ2v) is 7.41. The first kappa shape index (κ1) is 16.2. The lowest BCUT2D eigenvalue weighted by Gasteiger charge is -2.40. The van der Waals surface area contributed by atoms with Gasteiger partial charge in [-0.1, -0.05) is 0 Å². The van der Waals surface area contributed by atoms with Crippen LogP contribution in [0.5, 0.6) is 11.5 Å². The second-order valence-electron chi connectivity index (χ2n) is 7.41. The van der Waals surface area contributed by atoms with E-state index in [-0.39, 0.29) is 18.2 Å². The molecule has 0 bridgehead atoms. The number of anilines is 2. The topological polar surface area (TPSA) is 103 Å². The number of hydrogen-bond donors (Lipinski definition) is 2. The van der Waals surface area contributed by atoms with Gasteiger partial charge in [0.25, 0.3) is 0 Å². The zero-order valence-corrected chi connectivity index (χ0v) is 14.9. The number of nitrogens with zero attached hydrogens (tertiary/aromatic N) is 3. The maximum Gasteiger partial charge on any atom is 0.321 e. The molecule has 1 saturated heterocycles. The Hall–Kier alpha value is -3.03. The smallest absolute Gasteiger partial charge is 0.321 e. The van der Waals surface area contributed by atoms with E-state index in [9.17, 15) is 4.79 Å². The number of piperidine rings is 1. The maximum absolute atomic E-state index is 12.9. The van der Waals surface area contributed by atoms with Crippen molar-refractivity contribution >= 4 is 17.7 Å². The van der Waals surface area contributed by atoms with Gasteiger partial charge in [-0.3, -0.25) is 0 Å². The Balaban J connectivity index is 1.35. The molecule has 8 nitrogen and oxygen atoms in total. The number of nitrogens with two attached hydrogens (primary N) is 1. The summed E-state index contributed by atoms with van der Waals surface area (Å²) >= 11 is 0. The van der Waals surface area contributed by atoms with E-state index in [1.807, 2.05) is 23.2 Å². The third-order valence-corrected chi connectivity index (χ3v) is 5.75. The number of urea groups is 1.